The van der Waals surface area contributed by atoms with E-state index in [1.807, 2.05) is 30.3 Å². The van der Waals surface area contributed by atoms with Crippen LogP contribution in [0.25, 0.3) is 11.1 Å². The lowest BCUT2D eigenvalue weighted by atomic mass is 10.0. The van der Waals surface area contributed by atoms with Gasteiger partial charge in [-0.25, -0.2) is 4.98 Å². The van der Waals surface area contributed by atoms with Crippen molar-refractivity contribution in [2.24, 2.45) is 0 Å². The fourth-order valence-corrected chi connectivity index (χ4v) is 2.96. The second kappa shape index (κ2) is 4.73. The normalized spacial score (nSPS) is 18.0. The first-order valence-corrected chi connectivity index (χ1v) is 7.41. The zero-order valence-corrected chi connectivity index (χ0v) is 12.3. The van der Waals surface area contributed by atoms with Crippen molar-refractivity contribution in [3.8, 4) is 17.0 Å². The minimum atomic E-state index is -0.0642. The Morgan fingerprint density at radius 2 is 2.09 bits per heavy atom. The number of carbonyl (C=O) groups excluding carboxylic acids is 1. The predicted molar refractivity (Wildman–Crippen MR) is 85.1 cm³/mol. The Hall–Kier alpha value is -2.56. The van der Waals surface area contributed by atoms with E-state index in [1.165, 1.54) is 0 Å². The number of carbonyl (C=O) groups is 1. The highest BCUT2D eigenvalue weighted by Crippen LogP contribution is 2.48. The van der Waals surface area contributed by atoms with Gasteiger partial charge in [-0.1, -0.05) is 12.1 Å². The number of benzene rings is 1. The molecular formula is C17H17N3O2. The van der Waals surface area contributed by atoms with Gasteiger partial charge in [0, 0.05) is 35.3 Å². The van der Waals surface area contributed by atoms with E-state index in [0.29, 0.717) is 12.3 Å². The number of hydrogen-bond donors (Lipinski definition) is 2. The first-order valence-electron chi connectivity index (χ1n) is 7.41. The number of anilines is 2. The van der Waals surface area contributed by atoms with E-state index < -0.39 is 0 Å². The number of amides is 1. The maximum absolute atomic E-state index is 12.1. The van der Waals surface area contributed by atoms with Crippen LogP contribution in [0.3, 0.4) is 0 Å². The molecular weight excluding hydrogens is 278 g/mol. The summed E-state index contributed by atoms with van der Waals surface area (Å²) in [6.45, 7) is 0. The van der Waals surface area contributed by atoms with Gasteiger partial charge in [-0.05, 0) is 25.0 Å². The highest BCUT2D eigenvalue weighted by Gasteiger charge is 2.46. The summed E-state index contributed by atoms with van der Waals surface area (Å²) in [5, 5.41) is 6.60. The maximum Gasteiger partial charge on any atom is 0.226 e. The van der Waals surface area contributed by atoms with Gasteiger partial charge >= 0.3 is 0 Å². The van der Waals surface area contributed by atoms with Crippen LogP contribution in [-0.4, -0.2) is 23.5 Å². The van der Waals surface area contributed by atoms with Crippen LogP contribution >= 0.6 is 0 Å². The van der Waals surface area contributed by atoms with Crippen molar-refractivity contribution in [3.05, 3.63) is 36.5 Å². The third kappa shape index (κ3) is 2.19. The van der Waals surface area contributed by atoms with Crippen LogP contribution in [0.4, 0.5) is 11.4 Å². The quantitative estimate of drug-likeness (QED) is 0.894. The Labute approximate surface area is 128 Å². The van der Waals surface area contributed by atoms with Gasteiger partial charge in [0.05, 0.1) is 18.5 Å². The average Bonchev–Trinajstić information content (AvgIpc) is 3.30. The number of aromatic nitrogens is 1. The summed E-state index contributed by atoms with van der Waals surface area (Å²) < 4.78 is 5.11. The van der Waals surface area contributed by atoms with Gasteiger partial charge in [0.2, 0.25) is 11.8 Å². The highest BCUT2D eigenvalue weighted by molar-refractivity contribution is 6.01. The Morgan fingerprint density at radius 1 is 1.23 bits per heavy atom. The van der Waals surface area contributed by atoms with Crippen LogP contribution in [0, 0.1) is 0 Å². The Morgan fingerprint density at radius 3 is 2.77 bits per heavy atom. The maximum atomic E-state index is 12.1. The lowest BCUT2D eigenvalue weighted by Gasteiger charge is -2.18. The number of para-hydroxylation sites is 1. The Balaban J connectivity index is 1.80. The van der Waals surface area contributed by atoms with Crippen LogP contribution in [0.2, 0.25) is 0 Å². The van der Waals surface area contributed by atoms with Gasteiger partial charge in [-0.15, -0.1) is 0 Å². The van der Waals surface area contributed by atoms with E-state index in [1.54, 1.807) is 13.3 Å². The SMILES string of the molecule is COc1ccc(-c2cccc3c2NC2(CC2)CC(=O)N3)cn1. The number of pyridine rings is 1. The molecule has 5 nitrogen and oxygen atoms in total. The molecule has 4 rings (SSSR count). The van der Waals surface area contributed by atoms with E-state index in [4.69, 9.17) is 4.74 Å². The summed E-state index contributed by atoms with van der Waals surface area (Å²) >= 11 is 0. The molecule has 1 fully saturated rings. The Kier molecular flexibility index (Phi) is 2.82. The summed E-state index contributed by atoms with van der Waals surface area (Å²) in [5.74, 6) is 0.666. The Bertz CT molecular complexity index is 736. The molecule has 112 valence electrons. The molecule has 1 aliphatic heterocycles. The van der Waals surface area contributed by atoms with Crippen molar-refractivity contribution in [1.82, 2.24) is 4.98 Å². The molecule has 1 aromatic heterocycles. The molecule has 1 aromatic carbocycles. The molecule has 0 saturated heterocycles. The van der Waals surface area contributed by atoms with Gasteiger partial charge in [0.1, 0.15) is 0 Å². The van der Waals surface area contributed by atoms with Gasteiger partial charge < -0.3 is 15.4 Å². The third-order valence-corrected chi connectivity index (χ3v) is 4.34. The van der Waals surface area contributed by atoms with Crippen molar-refractivity contribution in [3.63, 3.8) is 0 Å². The number of nitrogens with one attached hydrogen (secondary N) is 2. The van der Waals surface area contributed by atoms with Crippen LogP contribution in [0.5, 0.6) is 5.88 Å². The third-order valence-electron chi connectivity index (χ3n) is 4.34. The first kappa shape index (κ1) is 13.1. The number of ether oxygens (including phenoxy) is 1. The second-order valence-electron chi connectivity index (χ2n) is 5.95. The molecule has 2 heterocycles. The number of fused-ring (bicyclic) bond motifs is 1. The highest BCUT2D eigenvalue weighted by atomic mass is 16.5. The van der Waals surface area contributed by atoms with Crippen LogP contribution < -0.4 is 15.4 Å². The molecule has 2 aliphatic rings. The van der Waals surface area contributed by atoms with Crippen LogP contribution in [0.15, 0.2) is 36.5 Å². The van der Waals surface area contributed by atoms with Crippen LogP contribution in [-0.2, 0) is 4.79 Å². The summed E-state index contributed by atoms with van der Waals surface area (Å²) in [6.07, 6.45) is 4.40. The topological polar surface area (TPSA) is 63.2 Å². The lowest BCUT2D eigenvalue weighted by molar-refractivity contribution is -0.116. The van der Waals surface area contributed by atoms with Crippen molar-refractivity contribution in [1.29, 1.82) is 0 Å². The van der Waals surface area contributed by atoms with E-state index in [2.05, 4.69) is 15.6 Å². The standard InChI is InChI=1S/C17H17N3O2/c1-22-15-6-5-11(10-18-15)12-3-2-4-13-16(12)20-17(7-8-17)9-14(21)19-13/h2-6,10,20H,7-9H2,1H3,(H,19,21). The van der Waals surface area contributed by atoms with Crippen molar-refractivity contribution in [2.45, 2.75) is 24.8 Å². The molecule has 1 saturated carbocycles. The van der Waals surface area contributed by atoms with Crippen molar-refractivity contribution < 1.29 is 9.53 Å². The smallest absolute Gasteiger partial charge is 0.226 e. The van der Waals surface area contributed by atoms with Gasteiger partial charge in [-0.3, -0.25) is 4.79 Å². The molecule has 1 spiro atoms. The van der Waals surface area contributed by atoms with Crippen molar-refractivity contribution in [2.75, 3.05) is 17.7 Å². The molecule has 1 amide bonds. The number of rotatable bonds is 2. The van der Waals surface area contributed by atoms with Gasteiger partial charge in [0.15, 0.2) is 0 Å². The second-order valence-corrected chi connectivity index (χ2v) is 5.95. The summed E-state index contributed by atoms with van der Waals surface area (Å²) in [4.78, 5) is 16.3. The molecule has 0 atom stereocenters. The number of methoxy groups -OCH3 is 1. The molecule has 2 aromatic rings. The zero-order valence-electron chi connectivity index (χ0n) is 12.3. The predicted octanol–water partition coefficient (Wildman–Crippen LogP) is 3.04. The van der Waals surface area contributed by atoms with Crippen molar-refractivity contribution >= 4 is 17.3 Å². The van der Waals surface area contributed by atoms with E-state index in [-0.39, 0.29) is 11.4 Å². The average molecular weight is 295 g/mol. The fourth-order valence-electron chi connectivity index (χ4n) is 2.96. The molecule has 2 N–H and O–H groups in total. The van der Waals surface area contributed by atoms with Gasteiger partial charge in [0.25, 0.3) is 0 Å². The molecule has 1 aliphatic carbocycles. The minimum absolute atomic E-state index is 0.0642. The molecule has 22 heavy (non-hydrogen) atoms. The summed E-state index contributed by atoms with van der Waals surface area (Å²) in [5.41, 5.74) is 3.80. The monoisotopic (exact) mass is 295 g/mol. The lowest BCUT2D eigenvalue weighted by Crippen LogP contribution is -2.24. The fraction of sp³-hybridized carbons (Fsp3) is 0.294. The largest absolute Gasteiger partial charge is 0.481 e. The van der Waals surface area contributed by atoms with Gasteiger partial charge in [-0.2, -0.15) is 0 Å². The van der Waals surface area contributed by atoms with E-state index in [0.717, 1.165) is 35.3 Å². The molecule has 5 heteroatoms. The van der Waals surface area contributed by atoms with E-state index >= 15 is 0 Å². The number of hydrogen-bond acceptors (Lipinski definition) is 4. The molecule has 0 bridgehead atoms. The summed E-state index contributed by atoms with van der Waals surface area (Å²) in [7, 11) is 1.60. The summed E-state index contributed by atoms with van der Waals surface area (Å²) in [6, 6.07) is 9.75. The molecule has 0 unspecified atom stereocenters. The van der Waals surface area contributed by atoms with E-state index in [9.17, 15) is 4.79 Å². The minimum Gasteiger partial charge on any atom is -0.481 e. The zero-order chi connectivity index (χ0) is 15.2. The van der Waals surface area contributed by atoms with Crippen LogP contribution in [0.1, 0.15) is 19.3 Å². The molecule has 0 radical (unpaired) electrons. The first-order chi connectivity index (χ1) is 10.7. The number of nitrogens with zero attached hydrogens (tertiary/aromatic N) is 1.